The third-order valence-corrected chi connectivity index (χ3v) is 7.42. The van der Waals surface area contributed by atoms with Crippen LogP contribution >= 0.6 is 11.8 Å². The van der Waals surface area contributed by atoms with Gasteiger partial charge in [0.25, 0.3) is 5.91 Å². The molecule has 7 nitrogen and oxygen atoms in total. The van der Waals surface area contributed by atoms with E-state index in [1.807, 2.05) is 45.9 Å². The second-order valence-corrected chi connectivity index (χ2v) is 9.53. The Morgan fingerprint density at radius 1 is 1.23 bits per heavy atom. The molecule has 2 heterocycles. The highest BCUT2D eigenvalue weighted by Gasteiger charge is 2.48. The maximum Gasteiger partial charge on any atom is 0.256 e. The zero-order valence-electron chi connectivity index (χ0n) is 17.9. The highest BCUT2D eigenvalue weighted by Crippen LogP contribution is 2.48. The molecule has 164 valence electrons. The Balaban J connectivity index is 1.74. The van der Waals surface area contributed by atoms with E-state index in [-0.39, 0.29) is 47.6 Å². The Morgan fingerprint density at radius 2 is 1.93 bits per heavy atom. The van der Waals surface area contributed by atoms with Crippen LogP contribution in [0.4, 0.5) is 0 Å². The van der Waals surface area contributed by atoms with Crippen LogP contribution in [0.3, 0.4) is 0 Å². The summed E-state index contributed by atoms with van der Waals surface area (Å²) in [5, 5.41) is 15.1. The molecule has 1 fully saturated rings. The van der Waals surface area contributed by atoms with Crippen LogP contribution in [0.25, 0.3) is 0 Å². The fourth-order valence-corrected chi connectivity index (χ4v) is 5.35. The van der Waals surface area contributed by atoms with Gasteiger partial charge in [-0.05, 0) is 23.5 Å². The van der Waals surface area contributed by atoms with Crippen LogP contribution in [-0.4, -0.2) is 58.2 Å². The third kappa shape index (κ3) is 4.21. The number of aliphatic hydroxyl groups excluding tert-OH is 1. The fourth-order valence-electron chi connectivity index (χ4n) is 3.89. The third-order valence-electron chi connectivity index (χ3n) is 6.12. The van der Waals surface area contributed by atoms with Crippen molar-refractivity contribution < 1.29 is 19.5 Å². The van der Waals surface area contributed by atoms with Gasteiger partial charge in [-0.25, -0.2) is 0 Å². The summed E-state index contributed by atoms with van der Waals surface area (Å²) in [5.74, 6) is -0.265. The molecule has 0 aliphatic carbocycles. The highest BCUT2D eigenvalue weighted by atomic mass is 32.2. The summed E-state index contributed by atoms with van der Waals surface area (Å²) in [6.07, 6.45) is 0.708. The van der Waals surface area contributed by atoms with Crippen molar-refractivity contribution in [3.63, 3.8) is 0 Å². The molecule has 3 amide bonds. The SMILES string of the molecule is CC[C@@H](C)[C@H](NC(=O)[C@H]1CS[C@H]2c3ccccc3C(=O)N12)C(=O)N[C@H](CO)C(C)C. The predicted molar refractivity (Wildman–Crippen MR) is 117 cm³/mol. The summed E-state index contributed by atoms with van der Waals surface area (Å²) in [5.41, 5.74) is 1.59. The molecular formula is C22H31N3O4S. The van der Waals surface area contributed by atoms with Crippen molar-refractivity contribution in [1.82, 2.24) is 15.5 Å². The van der Waals surface area contributed by atoms with Gasteiger partial charge < -0.3 is 20.6 Å². The van der Waals surface area contributed by atoms with Crippen molar-refractivity contribution in [2.45, 2.75) is 57.6 Å². The van der Waals surface area contributed by atoms with Crippen LogP contribution in [0.5, 0.6) is 0 Å². The normalized spacial score (nSPS) is 23.0. The first-order valence-corrected chi connectivity index (χ1v) is 11.6. The number of aliphatic hydroxyl groups is 1. The van der Waals surface area contributed by atoms with Crippen LogP contribution in [-0.2, 0) is 9.59 Å². The zero-order chi connectivity index (χ0) is 22.0. The highest BCUT2D eigenvalue weighted by molar-refractivity contribution is 7.99. The predicted octanol–water partition coefficient (Wildman–Crippen LogP) is 1.92. The van der Waals surface area contributed by atoms with Gasteiger partial charge >= 0.3 is 0 Å². The van der Waals surface area contributed by atoms with E-state index < -0.39 is 12.1 Å². The summed E-state index contributed by atoms with van der Waals surface area (Å²) in [6, 6.07) is 5.75. The lowest BCUT2D eigenvalue weighted by Gasteiger charge is -2.30. The number of benzene rings is 1. The minimum atomic E-state index is -0.723. The summed E-state index contributed by atoms with van der Waals surface area (Å²) >= 11 is 1.57. The van der Waals surface area contributed by atoms with Gasteiger partial charge in [-0.1, -0.05) is 52.3 Å². The average molecular weight is 434 g/mol. The summed E-state index contributed by atoms with van der Waals surface area (Å²) in [4.78, 5) is 40.6. The minimum Gasteiger partial charge on any atom is -0.394 e. The summed E-state index contributed by atoms with van der Waals surface area (Å²) in [6.45, 7) is 7.56. The van der Waals surface area contributed by atoms with Crippen molar-refractivity contribution in [2.24, 2.45) is 11.8 Å². The van der Waals surface area contributed by atoms with E-state index in [1.165, 1.54) is 0 Å². The number of carbonyl (C=O) groups is 3. The van der Waals surface area contributed by atoms with Gasteiger partial charge in [0.15, 0.2) is 0 Å². The number of amides is 3. The van der Waals surface area contributed by atoms with Crippen molar-refractivity contribution in [3.8, 4) is 0 Å². The second kappa shape index (κ2) is 9.39. The Labute approximate surface area is 182 Å². The van der Waals surface area contributed by atoms with Gasteiger partial charge in [-0.2, -0.15) is 0 Å². The maximum absolute atomic E-state index is 13.2. The topological polar surface area (TPSA) is 98.7 Å². The number of nitrogens with one attached hydrogen (secondary N) is 2. The van der Waals surface area contributed by atoms with Gasteiger partial charge in [0, 0.05) is 11.3 Å². The van der Waals surface area contributed by atoms with Crippen LogP contribution in [0, 0.1) is 11.8 Å². The summed E-state index contributed by atoms with van der Waals surface area (Å²) in [7, 11) is 0. The number of hydrogen-bond donors (Lipinski definition) is 3. The number of fused-ring (bicyclic) bond motifs is 3. The van der Waals surface area contributed by atoms with Crippen molar-refractivity contribution >= 4 is 29.5 Å². The van der Waals surface area contributed by atoms with Gasteiger partial charge in [-0.3, -0.25) is 14.4 Å². The maximum atomic E-state index is 13.2. The van der Waals surface area contributed by atoms with Gasteiger partial charge in [0.2, 0.25) is 11.8 Å². The molecule has 0 radical (unpaired) electrons. The number of rotatable bonds is 8. The minimum absolute atomic E-state index is 0.0694. The summed E-state index contributed by atoms with van der Waals surface area (Å²) < 4.78 is 0. The molecule has 5 atom stereocenters. The first-order valence-electron chi connectivity index (χ1n) is 10.5. The van der Waals surface area contributed by atoms with Gasteiger partial charge in [-0.15, -0.1) is 11.8 Å². The fraction of sp³-hybridized carbons (Fsp3) is 0.591. The Morgan fingerprint density at radius 3 is 2.57 bits per heavy atom. The van der Waals surface area contributed by atoms with E-state index in [9.17, 15) is 19.5 Å². The number of hydrogen-bond acceptors (Lipinski definition) is 5. The number of thioether (sulfide) groups is 1. The molecule has 0 unspecified atom stereocenters. The smallest absolute Gasteiger partial charge is 0.256 e. The van der Waals surface area contributed by atoms with Crippen LogP contribution in [0.2, 0.25) is 0 Å². The average Bonchev–Trinajstić information content (AvgIpc) is 3.29. The molecule has 30 heavy (non-hydrogen) atoms. The quantitative estimate of drug-likeness (QED) is 0.582. The number of nitrogens with zero attached hydrogens (tertiary/aromatic N) is 1. The Hall–Kier alpha value is -2.06. The lowest BCUT2D eigenvalue weighted by molar-refractivity contribution is -0.132. The molecule has 1 aromatic carbocycles. The van der Waals surface area contributed by atoms with E-state index in [0.29, 0.717) is 17.7 Å². The molecule has 3 rings (SSSR count). The van der Waals surface area contributed by atoms with Gasteiger partial charge in [0.05, 0.1) is 12.6 Å². The molecule has 0 saturated carbocycles. The largest absolute Gasteiger partial charge is 0.394 e. The lowest BCUT2D eigenvalue weighted by Crippen LogP contribution is -2.57. The first kappa shape index (κ1) is 22.6. The van der Waals surface area contributed by atoms with E-state index >= 15 is 0 Å². The molecule has 8 heteroatoms. The number of carbonyl (C=O) groups excluding carboxylic acids is 3. The molecule has 2 aliphatic rings. The zero-order valence-corrected chi connectivity index (χ0v) is 18.7. The molecule has 2 aliphatic heterocycles. The Kier molecular flexibility index (Phi) is 7.08. The van der Waals surface area contributed by atoms with Crippen LogP contribution in [0.15, 0.2) is 24.3 Å². The molecule has 0 bridgehead atoms. The molecule has 3 N–H and O–H groups in total. The van der Waals surface area contributed by atoms with Crippen molar-refractivity contribution in [1.29, 1.82) is 0 Å². The van der Waals surface area contributed by atoms with Gasteiger partial charge in [0.1, 0.15) is 17.5 Å². The first-order chi connectivity index (χ1) is 14.3. The molecule has 0 spiro atoms. The monoisotopic (exact) mass is 433 g/mol. The second-order valence-electron chi connectivity index (χ2n) is 8.41. The molecule has 1 saturated heterocycles. The molecular weight excluding hydrogens is 402 g/mol. The van der Waals surface area contributed by atoms with Crippen molar-refractivity contribution in [3.05, 3.63) is 35.4 Å². The lowest BCUT2D eigenvalue weighted by atomic mass is 9.96. The standard InChI is InChI=1S/C22H31N3O4S/c1-5-13(4)18(20(28)23-16(10-26)12(2)3)24-19(27)17-11-30-22-15-9-7-6-8-14(15)21(29)25(17)22/h6-9,12-13,16-18,22,26H,5,10-11H2,1-4H3,(H,23,28)(H,24,27)/t13-,16-,17-,18+,22+/m1/s1. The molecule has 0 aromatic heterocycles. The van der Waals surface area contributed by atoms with Crippen LogP contribution in [0.1, 0.15) is 55.4 Å². The Bertz CT molecular complexity index is 815. The van der Waals surface area contributed by atoms with E-state index in [2.05, 4.69) is 10.6 Å². The van der Waals surface area contributed by atoms with E-state index in [1.54, 1.807) is 22.7 Å². The van der Waals surface area contributed by atoms with E-state index in [0.717, 1.165) is 5.56 Å². The van der Waals surface area contributed by atoms with E-state index in [4.69, 9.17) is 0 Å². The van der Waals surface area contributed by atoms with Crippen molar-refractivity contribution in [2.75, 3.05) is 12.4 Å². The van der Waals surface area contributed by atoms with Crippen LogP contribution < -0.4 is 10.6 Å². The molecule has 1 aromatic rings.